The van der Waals surface area contributed by atoms with Crippen LogP contribution in [-0.4, -0.2) is 46.8 Å². The standard InChI is InChI=1S/C27H23FN6O5/c1-29-24(35)18-11-17-19(12-21(18)38-2)30-10-7-20(17)39-23-14-31-22(13-32-23)34-26(37)27(8-9-27)25(36)33-16-5-3-15(28)4-6-16/h3-7,10-14H,8-9H2,1-2H3,(H,29,35)(H,33,36)(H,31,34,37). The van der Waals surface area contributed by atoms with Gasteiger partial charge in [-0.15, -0.1) is 0 Å². The van der Waals surface area contributed by atoms with Crippen LogP contribution in [0.15, 0.2) is 61.1 Å². The van der Waals surface area contributed by atoms with Crippen molar-refractivity contribution in [2.75, 3.05) is 24.8 Å². The summed E-state index contributed by atoms with van der Waals surface area (Å²) in [6, 6.07) is 10.2. The van der Waals surface area contributed by atoms with Crippen LogP contribution in [0.2, 0.25) is 0 Å². The molecule has 0 radical (unpaired) electrons. The number of fused-ring (bicyclic) bond motifs is 1. The number of carbonyl (C=O) groups is 3. The van der Waals surface area contributed by atoms with E-state index in [1.165, 1.54) is 50.8 Å². The van der Waals surface area contributed by atoms with Crippen LogP contribution in [0.25, 0.3) is 10.9 Å². The number of halogens is 1. The summed E-state index contributed by atoms with van der Waals surface area (Å²) in [6.45, 7) is 0. The summed E-state index contributed by atoms with van der Waals surface area (Å²) in [5.41, 5.74) is 0.0193. The third-order valence-electron chi connectivity index (χ3n) is 6.30. The molecule has 3 amide bonds. The van der Waals surface area contributed by atoms with Gasteiger partial charge in [-0.3, -0.25) is 19.4 Å². The number of nitrogens with one attached hydrogen (secondary N) is 3. The molecule has 0 aliphatic heterocycles. The van der Waals surface area contributed by atoms with Gasteiger partial charge in [-0.25, -0.2) is 14.4 Å². The van der Waals surface area contributed by atoms with E-state index < -0.39 is 23.0 Å². The Morgan fingerprint density at radius 3 is 2.31 bits per heavy atom. The molecule has 0 unspecified atom stereocenters. The lowest BCUT2D eigenvalue weighted by atomic mass is 10.1. The maximum Gasteiger partial charge on any atom is 0.254 e. The van der Waals surface area contributed by atoms with Gasteiger partial charge in [-0.05, 0) is 49.2 Å². The molecular formula is C27H23FN6O5. The van der Waals surface area contributed by atoms with E-state index in [0.717, 1.165) is 0 Å². The molecule has 12 heteroatoms. The number of pyridine rings is 1. The van der Waals surface area contributed by atoms with Crippen LogP contribution in [0.4, 0.5) is 15.9 Å². The molecule has 5 rings (SSSR count). The third-order valence-corrected chi connectivity index (χ3v) is 6.30. The van der Waals surface area contributed by atoms with Gasteiger partial charge in [0.1, 0.15) is 22.7 Å². The van der Waals surface area contributed by atoms with E-state index in [2.05, 4.69) is 30.9 Å². The molecule has 0 atom stereocenters. The summed E-state index contributed by atoms with van der Waals surface area (Å²) in [5.74, 6) is -0.725. The number of carbonyl (C=O) groups excluding carboxylic acids is 3. The summed E-state index contributed by atoms with van der Waals surface area (Å²) in [4.78, 5) is 50.6. The molecule has 4 aromatic rings. The zero-order valence-corrected chi connectivity index (χ0v) is 20.9. The predicted molar refractivity (Wildman–Crippen MR) is 139 cm³/mol. The number of nitrogens with zero attached hydrogens (tertiary/aromatic N) is 3. The Balaban J connectivity index is 1.29. The molecule has 1 aliphatic rings. The summed E-state index contributed by atoms with van der Waals surface area (Å²) in [7, 11) is 2.98. The smallest absolute Gasteiger partial charge is 0.254 e. The Hall–Kier alpha value is -5.13. The first-order chi connectivity index (χ1) is 18.8. The Morgan fingerprint density at radius 2 is 1.67 bits per heavy atom. The quantitative estimate of drug-likeness (QED) is 0.293. The van der Waals surface area contributed by atoms with Crippen LogP contribution in [0.5, 0.6) is 17.4 Å². The first kappa shape index (κ1) is 25.5. The first-order valence-electron chi connectivity index (χ1n) is 11.9. The highest BCUT2D eigenvalue weighted by molar-refractivity contribution is 6.16. The molecule has 0 spiro atoms. The van der Waals surface area contributed by atoms with Crippen LogP contribution in [0.3, 0.4) is 0 Å². The van der Waals surface area contributed by atoms with E-state index in [-0.39, 0.29) is 17.6 Å². The van der Waals surface area contributed by atoms with Crippen molar-refractivity contribution in [1.82, 2.24) is 20.3 Å². The van der Waals surface area contributed by atoms with Gasteiger partial charge in [0, 0.05) is 30.4 Å². The SMILES string of the molecule is CNC(=O)c1cc2c(Oc3cnc(NC(=O)C4(C(=O)Nc5ccc(F)cc5)CC4)cn3)ccnc2cc1OC. The zero-order valence-electron chi connectivity index (χ0n) is 20.9. The number of hydrogen-bond donors (Lipinski definition) is 3. The van der Waals surface area contributed by atoms with E-state index in [0.29, 0.717) is 46.5 Å². The van der Waals surface area contributed by atoms with Gasteiger partial charge in [-0.2, -0.15) is 0 Å². The van der Waals surface area contributed by atoms with Crippen LogP contribution in [0.1, 0.15) is 23.2 Å². The van der Waals surface area contributed by atoms with Crippen molar-refractivity contribution in [2.24, 2.45) is 5.41 Å². The van der Waals surface area contributed by atoms with Gasteiger partial charge in [-0.1, -0.05) is 0 Å². The molecule has 0 bridgehead atoms. The van der Waals surface area contributed by atoms with Gasteiger partial charge in [0.25, 0.3) is 5.91 Å². The second-order valence-corrected chi connectivity index (χ2v) is 8.80. The Bertz CT molecular complexity index is 1570. The van der Waals surface area contributed by atoms with Gasteiger partial charge in [0.15, 0.2) is 5.82 Å². The predicted octanol–water partition coefficient (Wildman–Crippen LogP) is 3.68. The molecule has 1 fully saturated rings. The van der Waals surface area contributed by atoms with Crippen LogP contribution in [-0.2, 0) is 9.59 Å². The second-order valence-electron chi connectivity index (χ2n) is 8.80. The van der Waals surface area contributed by atoms with Crippen molar-refractivity contribution < 1.29 is 28.2 Å². The fraction of sp³-hybridized carbons (Fsp3) is 0.185. The van der Waals surface area contributed by atoms with Gasteiger partial charge in [0.05, 0.1) is 30.6 Å². The monoisotopic (exact) mass is 530 g/mol. The molecule has 3 N–H and O–H groups in total. The zero-order chi connectivity index (χ0) is 27.6. The average Bonchev–Trinajstić information content (AvgIpc) is 3.77. The van der Waals surface area contributed by atoms with Crippen molar-refractivity contribution in [3.8, 4) is 17.4 Å². The minimum atomic E-state index is -1.23. The largest absolute Gasteiger partial charge is 0.496 e. The van der Waals surface area contributed by atoms with Gasteiger partial charge >= 0.3 is 0 Å². The number of hydrogen-bond acceptors (Lipinski definition) is 8. The van der Waals surface area contributed by atoms with Crippen molar-refractivity contribution >= 4 is 40.1 Å². The topological polar surface area (TPSA) is 144 Å². The number of benzene rings is 2. The molecule has 2 heterocycles. The lowest BCUT2D eigenvalue weighted by Crippen LogP contribution is -2.35. The van der Waals surface area contributed by atoms with E-state index in [1.54, 1.807) is 24.4 Å². The minimum absolute atomic E-state index is 0.132. The Kier molecular flexibility index (Phi) is 6.75. The highest BCUT2D eigenvalue weighted by atomic mass is 19.1. The van der Waals surface area contributed by atoms with Crippen LogP contribution < -0.4 is 25.4 Å². The second kappa shape index (κ2) is 10.3. The normalized spacial score (nSPS) is 13.3. The summed E-state index contributed by atoms with van der Waals surface area (Å²) in [5, 5.41) is 8.40. The Labute approximate surface area is 221 Å². The van der Waals surface area contributed by atoms with E-state index in [1.807, 2.05) is 0 Å². The lowest BCUT2D eigenvalue weighted by Gasteiger charge is -2.15. The average molecular weight is 531 g/mol. The van der Waals surface area contributed by atoms with Crippen LogP contribution >= 0.6 is 0 Å². The minimum Gasteiger partial charge on any atom is -0.496 e. The molecule has 0 saturated heterocycles. The summed E-state index contributed by atoms with van der Waals surface area (Å²) < 4.78 is 24.3. The molecule has 11 nitrogen and oxygen atoms in total. The number of amides is 3. The number of aromatic nitrogens is 3. The molecule has 2 aromatic heterocycles. The first-order valence-corrected chi connectivity index (χ1v) is 11.9. The molecule has 1 aliphatic carbocycles. The van der Waals surface area contributed by atoms with Crippen molar-refractivity contribution in [3.63, 3.8) is 0 Å². The van der Waals surface area contributed by atoms with E-state index in [4.69, 9.17) is 9.47 Å². The molecular weight excluding hydrogens is 507 g/mol. The molecule has 39 heavy (non-hydrogen) atoms. The third kappa shape index (κ3) is 5.17. The maximum atomic E-state index is 13.1. The maximum absolute atomic E-state index is 13.1. The van der Waals surface area contributed by atoms with Crippen molar-refractivity contribution in [1.29, 1.82) is 0 Å². The molecule has 2 aromatic carbocycles. The van der Waals surface area contributed by atoms with Crippen LogP contribution in [0, 0.1) is 11.2 Å². The Morgan fingerprint density at radius 1 is 0.923 bits per heavy atom. The summed E-state index contributed by atoms with van der Waals surface area (Å²) >= 11 is 0. The number of methoxy groups -OCH3 is 1. The molecule has 198 valence electrons. The van der Waals surface area contributed by atoms with Gasteiger partial charge in [0.2, 0.25) is 17.7 Å². The fourth-order valence-electron chi connectivity index (χ4n) is 3.97. The fourth-order valence-corrected chi connectivity index (χ4v) is 3.97. The number of ether oxygens (including phenoxy) is 2. The van der Waals surface area contributed by atoms with E-state index in [9.17, 15) is 18.8 Å². The molecule has 1 saturated carbocycles. The number of anilines is 2. The summed E-state index contributed by atoms with van der Waals surface area (Å²) in [6.07, 6.45) is 4.92. The lowest BCUT2D eigenvalue weighted by molar-refractivity contribution is -0.131. The van der Waals surface area contributed by atoms with Crippen molar-refractivity contribution in [2.45, 2.75) is 12.8 Å². The van der Waals surface area contributed by atoms with Gasteiger partial charge < -0.3 is 25.4 Å². The van der Waals surface area contributed by atoms with E-state index >= 15 is 0 Å². The highest BCUT2D eigenvalue weighted by Gasteiger charge is 2.56. The highest BCUT2D eigenvalue weighted by Crippen LogP contribution is 2.47. The number of rotatable bonds is 8. The van der Waals surface area contributed by atoms with Crippen molar-refractivity contribution in [3.05, 3.63) is 72.4 Å².